The van der Waals surface area contributed by atoms with Crippen molar-refractivity contribution in [2.45, 2.75) is 37.2 Å². The molecule has 0 aliphatic carbocycles. The minimum atomic E-state index is -3.99. The van der Waals surface area contributed by atoms with Gasteiger partial charge in [0.15, 0.2) is 11.5 Å². The molecule has 0 saturated carbocycles. The monoisotopic (exact) mass is 435 g/mol. The van der Waals surface area contributed by atoms with Gasteiger partial charge in [-0.3, -0.25) is 4.72 Å². The van der Waals surface area contributed by atoms with Crippen LogP contribution in [0.1, 0.15) is 36.2 Å². The van der Waals surface area contributed by atoms with E-state index in [-0.39, 0.29) is 33.2 Å². The lowest BCUT2D eigenvalue weighted by Gasteiger charge is -2.32. The van der Waals surface area contributed by atoms with Crippen LogP contribution in [0.3, 0.4) is 0 Å². The van der Waals surface area contributed by atoms with Crippen molar-refractivity contribution in [3.8, 4) is 17.2 Å². The van der Waals surface area contributed by atoms with Gasteiger partial charge in [-0.2, -0.15) is 0 Å². The molecule has 0 bridgehead atoms. The van der Waals surface area contributed by atoms with Gasteiger partial charge < -0.3 is 18.9 Å². The second kappa shape index (κ2) is 8.06. The number of anilines is 1. The van der Waals surface area contributed by atoms with Crippen LogP contribution in [0.2, 0.25) is 0 Å². The number of benzene rings is 2. The number of hydrogen-bond acceptors (Lipinski definition) is 7. The highest BCUT2D eigenvalue weighted by atomic mass is 32.2. The van der Waals surface area contributed by atoms with Crippen LogP contribution in [0, 0.1) is 0 Å². The zero-order valence-electron chi connectivity index (χ0n) is 17.6. The minimum absolute atomic E-state index is 0.00164. The summed E-state index contributed by atoms with van der Waals surface area (Å²) >= 11 is 0. The molecular weight excluding hydrogens is 410 g/mol. The molecule has 1 heterocycles. The van der Waals surface area contributed by atoms with Crippen molar-refractivity contribution in [2.75, 3.05) is 26.1 Å². The Morgan fingerprint density at radius 1 is 1.07 bits per heavy atom. The largest absolute Gasteiger partial charge is 0.493 e. The first-order valence-corrected chi connectivity index (χ1v) is 10.8. The Morgan fingerprint density at radius 2 is 1.73 bits per heavy atom. The van der Waals surface area contributed by atoms with E-state index in [1.54, 1.807) is 12.1 Å². The molecule has 0 fully saturated rings. The number of esters is 1. The van der Waals surface area contributed by atoms with Crippen LogP contribution in [-0.4, -0.2) is 41.3 Å². The van der Waals surface area contributed by atoms with Crippen molar-refractivity contribution < 1.29 is 32.2 Å². The minimum Gasteiger partial charge on any atom is -0.493 e. The van der Waals surface area contributed by atoms with E-state index in [1.165, 1.54) is 39.5 Å². The lowest BCUT2D eigenvalue weighted by Crippen LogP contribution is -2.32. The average Bonchev–Trinajstić information content (AvgIpc) is 2.71. The Hall–Kier alpha value is -2.94. The van der Waals surface area contributed by atoms with Gasteiger partial charge in [-0.05, 0) is 50.5 Å². The maximum absolute atomic E-state index is 13.1. The highest BCUT2D eigenvalue weighted by molar-refractivity contribution is 7.92. The second-order valence-electron chi connectivity index (χ2n) is 7.48. The van der Waals surface area contributed by atoms with Crippen LogP contribution in [0.4, 0.5) is 5.69 Å². The van der Waals surface area contributed by atoms with Crippen LogP contribution in [0.15, 0.2) is 35.2 Å². The molecule has 162 valence electrons. The molecule has 30 heavy (non-hydrogen) atoms. The predicted octanol–water partition coefficient (Wildman–Crippen LogP) is 3.39. The predicted molar refractivity (Wildman–Crippen MR) is 111 cm³/mol. The highest BCUT2D eigenvalue weighted by Crippen LogP contribution is 2.37. The van der Waals surface area contributed by atoms with Crippen molar-refractivity contribution in [1.29, 1.82) is 0 Å². The second-order valence-corrected chi connectivity index (χ2v) is 9.16. The molecule has 2 aromatic carbocycles. The summed E-state index contributed by atoms with van der Waals surface area (Å²) in [5.74, 6) is 0.500. The van der Waals surface area contributed by atoms with Crippen molar-refractivity contribution in [1.82, 2.24) is 0 Å². The topological polar surface area (TPSA) is 100 Å². The Morgan fingerprint density at radius 3 is 2.37 bits per heavy atom. The first-order valence-electron chi connectivity index (χ1n) is 9.29. The smallest absolute Gasteiger partial charge is 0.340 e. The molecule has 2 aromatic rings. The van der Waals surface area contributed by atoms with E-state index in [9.17, 15) is 13.2 Å². The standard InChI is InChI=1S/C21H25NO7S/c1-21(2)9-8-13-10-14(6-7-17(13)29-21)30(24,25)22-16-12-19(27-4)18(26-3)11-15(16)20(23)28-5/h6-7,10-12,22H,8-9H2,1-5H3. The molecule has 1 aliphatic heterocycles. The van der Waals surface area contributed by atoms with Crippen LogP contribution in [-0.2, 0) is 21.2 Å². The molecule has 0 unspecified atom stereocenters. The van der Waals surface area contributed by atoms with Gasteiger partial charge in [0.25, 0.3) is 10.0 Å². The molecule has 0 amide bonds. The number of rotatable bonds is 6. The lowest BCUT2D eigenvalue weighted by atomic mass is 9.94. The summed E-state index contributed by atoms with van der Waals surface area (Å²) in [6.07, 6.45) is 1.48. The number of hydrogen-bond donors (Lipinski definition) is 1. The molecule has 0 radical (unpaired) electrons. The van der Waals surface area contributed by atoms with Crippen molar-refractivity contribution in [3.63, 3.8) is 0 Å². The summed E-state index contributed by atoms with van der Waals surface area (Å²) in [5.41, 5.74) is 0.551. The lowest BCUT2D eigenvalue weighted by molar-refractivity contribution is 0.0601. The molecule has 8 nitrogen and oxygen atoms in total. The number of nitrogens with one attached hydrogen (secondary N) is 1. The van der Waals surface area contributed by atoms with E-state index >= 15 is 0 Å². The molecule has 1 N–H and O–H groups in total. The van der Waals surface area contributed by atoms with Crippen LogP contribution in [0.25, 0.3) is 0 Å². The van der Waals surface area contributed by atoms with Gasteiger partial charge in [0.05, 0.1) is 37.5 Å². The Bertz CT molecular complexity index is 1080. The van der Waals surface area contributed by atoms with Gasteiger partial charge in [0, 0.05) is 12.1 Å². The van der Waals surface area contributed by atoms with Crippen molar-refractivity contribution >= 4 is 21.7 Å². The van der Waals surface area contributed by atoms with Crippen molar-refractivity contribution in [3.05, 3.63) is 41.5 Å². The third kappa shape index (κ3) is 4.30. The molecule has 9 heteroatoms. The van der Waals surface area contributed by atoms with E-state index in [1.807, 2.05) is 13.8 Å². The van der Waals surface area contributed by atoms with Gasteiger partial charge in [-0.25, -0.2) is 13.2 Å². The zero-order chi connectivity index (χ0) is 22.1. The number of fused-ring (bicyclic) bond motifs is 1. The molecule has 0 aromatic heterocycles. The molecule has 0 saturated heterocycles. The normalized spacial score (nSPS) is 14.8. The summed E-state index contributed by atoms with van der Waals surface area (Å²) in [4.78, 5) is 12.3. The summed E-state index contributed by atoms with van der Waals surface area (Å²) in [6, 6.07) is 7.46. The number of sulfonamides is 1. The van der Waals surface area contributed by atoms with E-state index in [4.69, 9.17) is 18.9 Å². The number of methoxy groups -OCH3 is 3. The van der Waals surface area contributed by atoms with E-state index in [0.29, 0.717) is 12.2 Å². The summed E-state index contributed by atoms with van der Waals surface area (Å²) in [5, 5.41) is 0. The van der Waals surface area contributed by atoms with Crippen LogP contribution < -0.4 is 18.9 Å². The first-order chi connectivity index (χ1) is 14.1. The number of carbonyl (C=O) groups is 1. The van der Waals surface area contributed by atoms with Crippen LogP contribution >= 0.6 is 0 Å². The van der Waals surface area contributed by atoms with Gasteiger partial charge in [0.1, 0.15) is 11.4 Å². The Labute approximate surface area is 176 Å². The fourth-order valence-electron chi connectivity index (χ4n) is 3.25. The SMILES string of the molecule is COC(=O)c1cc(OC)c(OC)cc1NS(=O)(=O)c1ccc2c(c1)CCC(C)(C)O2. The van der Waals surface area contributed by atoms with Gasteiger partial charge >= 0.3 is 5.97 Å². The van der Waals surface area contributed by atoms with Crippen LogP contribution in [0.5, 0.6) is 17.2 Å². The third-order valence-corrected chi connectivity index (χ3v) is 6.26. The number of carbonyl (C=O) groups excluding carboxylic acids is 1. The zero-order valence-corrected chi connectivity index (χ0v) is 18.4. The van der Waals surface area contributed by atoms with Gasteiger partial charge in [-0.1, -0.05) is 0 Å². The summed E-state index contributed by atoms with van der Waals surface area (Å²) in [7, 11) is 0.0480. The average molecular weight is 435 g/mol. The Balaban J connectivity index is 2.00. The quantitative estimate of drug-likeness (QED) is 0.694. The maximum atomic E-state index is 13.1. The van der Waals surface area contributed by atoms with E-state index < -0.39 is 16.0 Å². The van der Waals surface area contributed by atoms with E-state index in [2.05, 4.69) is 4.72 Å². The molecule has 1 aliphatic rings. The fourth-order valence-corrected chi connectivity index (χ4v) is 4.37. The van der Waals surface area contributed by atoms with Crippen molar-refractivity contribution in [2.24, 2.45) is 0 Å². The summed E-state index contributed by atoms with van der Waals surface area (Å²) in [6.45, 7) is 3.99. The highest BCUT2D eigenvalue weighted by Gasteiger charge is 2.28. The summed E-state index contributed by atoms with van der Waals surface area (Å²) < 4.78 is 49.7. The number of ether oxygens (including phenoxy) is 4. The van der Waals surface area contributed by atoms with E-state index in [0.717, 1.165) is 12.0 Å². The fraction of sp³-hybridized carbons (Fsp3) is 0.381. The number of aryl methyl sites for hydroxylation is 1. The third-order valence-electron chi connectivity index (χ3n) is 4.90. The molecule has 0 atom stereocenters. The van der Waals surface area contributed by atoms with Gasteiger partial charge in [-0.15, -0.1) is 0 Å². The molecule has 3 rings (SSSR count). The molecular formula is C21H25NO7S. The Kier molecular flexibility index (Phi) is 5.85. The first kappa shape index (κ1) is 21.8. The molecule has 0 spiro atoms. The van der Waals surface area contributed by atoms with Gasteiger partial charge in [0.2, 0.25) is 0 Å². The maximum Gasteiger partial charge on any atom is 0.340 e.